The number of rotatable bonds is 11. The van der Waals surface area contributed by atoms with E-state index in [1.165, 1.54) is 5.56 Å². The first-order chi connectivity index (χ1) is 21.6. The van der Waals surface area contributed by atoms with Crippen LogP contribution in [0.1, 0.15) is 22.5 Å². The molecule has 6 rings (SSSR count). The van der Waals surface area contributed by atoms with Gasteiger partial charge in [0.25, 0.3) is 12.9 Å². The molecular weight excluding hydrogens is 554 g/mol. The second-order valence-electron chi connectivity index (χ2n) is 9.78. The van der Waals surface area contributed by atoms with Crippen LogP contribution in [0.4, 0.5) is 5.69 Å². The summed E-state index contributed by atoms with van der Waals surface area (Å²) in [4.78, 5) is 25.5. The first-order valence-electron chi connectivity index (χ1n) is 14.0. The standard InChI is InChI=1S/C22H18N2O3.C14H13NO2/c25-16-27-19-11-12-21-20(13-19)23-22(24(21)18-9-5-2-6-10-18)15-26-14-17-7-3-1-4-8-17;15-14-9-13(17-10-16)7-6-12(14)8-11-4-2-1-3-5-11/h1-13,16H,14-15H2;1-7,9-10H,8,15H2. The molecule has 0 fully saturated rings. The van der Waals surface area contributed by atoms with Crippen molar-refractivity contribution in [3.63, 3.8) is 0 Å². The molecule has 0 aliphatic rings. The van der Waals surface area contributed by atoms with Crippen LogP contribution >= 0.6 is 0 Å². The number of benzene rings is 5. The molecule has 0 radical (unpaired) electrons. The number of nitrogens with zero attached hydrogens (tertiary/aromatic N) is 2. The highest BCUT2D eigenvalue weighted by Gasteiger charge is 2.14. The Hall–Kier alpha value is -5.73. The zero-order chi connectivity index (χ0) is 30.6. The molecule has 0 aliphatic carbocycles. The van der Waals surface area contributed by atoms with E-state index in [-0.39, 0.29) is 0 Å². The number of hydrogen-bond donors (Lipinski definition) is 1. The minimum absolute atomic E-state index is 0.363. The second kappa shape index (κ2) is 14.9. The summed E-state index contributed by atoms with van der Waals surface area (Å²) in [5.41, 5.74) is 12.5. The summed E-state index contributed by atoms with van der Waals surface area (Å²) in [5.74, 6) is 1.72. The molecule has 0 atom stereocenters. The molecule has 0 spiro atoms. The SMILES string of the molecule is Nc1cc(OC=O)ccc1Cc1ccccc1.O=COc1ccc2c(c1)nc(COCc1ccccc1)n2-c1ccccc1. The largest absolute Gasteiger partial charge is 0.429 e. The Bertz CT molecular complexity index is 1810. The Balaban J connectivity index is 0.000000195. The number of anilines is 1. The van der Waals surface area contributed by atoms with E-state index < -0.39 is 0 Å². The number of ether oxygens (including phenoxy) is 3. The molecule has 0 amide bonds. The number of aromatic nitrogens is 2. The van der Waals surface area contributed by atoms with Crippen molar-refractivity contribution in [2.24, 2.45) is 0 Å². The molecule has 2 N–H and O–H groups in total. The molecule has 44 heavy (non-hydrogen) atoms. The summed E-state index contributed by atoms with van der Waals surface area (Å²) in [6.45, 7) is 1.69. The van der Waals surface area contributed by atoms with E-state index in [9.17, 15) is 9.59 Å². The predicted octanol–water partition coefficient (Wildman–Crippen LogP) is 6.67. The summed E-state index contributed by atoms with van der Waals surface area (Å²) < 4.78 is 17.6. The molecule has 0 bridgehead atoms. The highest BCUT2D eigenvalue weighted by Crippen LogP contribution is 2.26. The average Bonchev–Trinajstić information content (AvgIpc) is 3.42. The lowest BCUT2D eigenvalue weighted by atomic mass is 10.0. The third kappa shape index (κ3) is 7.76. The quantitative estimate of drug-likeness (QED) is 0.134. The van der Waals surface area contributed by atoms with Crippen molar-refractivity contribution in [3.8, 4) is 17.2 Å². The molecule has 1 aromatic heterocycles. The lowest BCUT2D eigenvalue weighted by molar-refractivity contribution is -0.121. The van der Waals surface area contributed by atoms with Crippen molar-refractivity contribution in [2.45, 2.75) is 19.6 Å². The average molecular weight is 586 g/mol. The third-order valence-corrected chi connectivity index (χ3v) is 6.78. The van der Waals surface area contributed by atoms with Crippen LogP contribution in [0.3, 0.4) is 0 Å². The molecule has 0 saturated carbocycles. The highest BCUT2D eigenvalue weighted by atomic mass is 16.5. The second-order valence-corrected chi connectivity index (χ2v) is 9.78. The van der Waals surface area contributed by atoms with Crippen LogP contribution in [0.5, 0.6) is 11.5 Å². The van der Waals surface area contributed by atoms with Crippen molar-refractivity contribution in [1.82, 2.24) is 9.55 Å². The van der Waals surface area contributed by atoms with Gasteiger partial charge in [-0.1, -0.05) is 84.9 Å². The summed E-state index contributed by atoms with van der Waals surface area (Å²) in [6.07, 6.45) is 0.772. The summed E-state index contributed by atoms with van der Waals surface area (Å²) in [7, 11) is 0. The predicted molar refractivity (Wildman–Crippen MR) is 169 cm³/mol. The maximum absolute atomic E-state index is 10.6. The fourth-order valence-electron chi connectivity index (χ4n) is 4.71. The van der Waals surface area contributed by atoms with Gasteiger partial charge in [-0.2, -0.15) is 0 Å². The van der Waals surface area contributed by atoms with Crippen LogP contribution in [0, 0.1) is 0 Å². The minimum atomic E-state index is 0.363. The normalized spacial score (nSPS) is 10.5. The van der Waals surface area contributed by atoms with Gasteiger partial charge >= 0.3 is 0 Å². The molecule has 1 heterocycles. The molecule has 0 unspecified atom stereocenters. The van der Waals surface area contributed by atoms with Gasteiger partial charge < -0.3 is 19.9 Å². The topological polar surface area (TPSA) is 106 Å². The van der Waals surface area contributed by atoms with Crippen molar-refractivity contribution in [3.05, 3.63) is 150 Å². The Morgan fingerprint density at radius 3 is 1.89 bits per heavy atom. The van der Waals surface area contributed by atoms with Crippen LogP contribution in [-0.2, 0) is 34.0 Å². The smallest absolute Gasteiger partial charge is 0.298 e. The zero-order valence-electron chi connectivity index (χ0n) is 23.9. The number of nitrogens with two attached hydrogens (primary N) is 1. The lowest BCUT2D eigenvalue weighted by Gasteiger charge is -2.10. The fraction of sp³-hybridized carbons (Fsp3) is 0.0833. The molecule has 220 valence electrons. The van der Waals surface area contributed by atoms with E-state index in [1.54, 1.807) is 24.3 Å². The molecule has 6 aromatic rings. The first kappa shape index (κ1) is 29.8. The monoisotopic (exact) mass is 585 g/mol. The number of fused-ring (bicyclic) bond motifs is 1. The van der Waals surface area contributed by atoms with Gasteiger partial charge in [-0.05, 0) is 53.4 Å². The van der Waals surface area contributed by atoms with Gasteiger partial charge in [-0.3, -0.25) is 14.2 Å². The van der Waals surface area contributed by atoms with Crippen LogP contribution in [0.15, 0.2) is 127 Å². The van der Waals surface area contributed by atoms with Crippen LogP contribution in [-0.4, -0.2) is 22.5 Å². The maximum atomic E-state index is 10.6. The van der Waals surface area contributed by atoms with Gasteiger partial charge in [0, 0.05) is 23.5 Å². The van der Waals surface area contributed by atoms with Gasteiger partial charge in [0.05, 0.1) is 17.6 Å². The number of nitrogen functional groups attached to an aromatic ring is 1. The van der Waals surface area contributed by atoms with Gasteiger partial charge in [-0.25, -0.2) is 4.98 Å². The number of para-hydroxylation sites is 1. The first-order valence-corrected chi connectivity index (χ1v) is 14.0. The van der Waals surface area contributed by atoms with Gasteiger partial charge in [0.2, 0.25) is 0 Å². The molecule has 0 aliphatic heterocycles. The summed E-state index contributed by atoms with van der Waals surface area (Å²) >= 11 is 0. The van der Waals surface area contributed by atoms with E-state index in [1.807, 2.05) is 91.0 Å². The van der Waals surface area contributed by atoms with Crippen LogP contribution in [0.2, 0.25) is 0 Å². The molecule has 8 nitrogen and oxygen atoms in total. The van der Waals surface area contributed by atoms with E-state index in [0.29, 0.717) is 43.3 Å². The third-order valence-electron chi connectivity index (χ3n) is 6.78. The Morgan fingerprint density at radius 1 is 0.659 bits per heavy atom. The molecule has 8 heteroatoms. The van der Waals surface area contributed by atoms with Crippen molar-refractivity contribution < 1.29 is 23.8 Å². The summed E-state index contributed by atoms with van der Waals surface area (Å²) in [5, 5.41) is 0. The van der Waals surface area contributed by atoms with E-state index in [2.05, 4.69) is 16.7 Å². The Morgan fingerprint density at radius 2 is 1.25 bits per heavy atom. The van der Waals surface area contributed by atoms with Crippen LogP contribution in [0.25, 0.3) is 16.7 Å². The van der Waals surface area contributed by atoms with Gasteiger partial charge in [0.1, 0.15) is 23.9 Å². The van der Waals surface area contributed by atoms with Crippen molar-refractivity contribution in [2.75, 3.05) is 5.73 Å². The van der Waals surface area contributed by atoms with E-state index in [4.69, 9.17) is 24.9 Å². The number of carbonyl (C=O) groups is 2. The molecule has 5 aromatic carbocycles. The minimum Gasteiger partial charge on any atom is -0.429 e. The highest BCUT2D eigenvalue weighted by molar-refractivity contribution is 5.80. The van der Waals surface area contributed by atoms with Gasteiger partial charge in [-0.15, -0.1) is 0 Å². The van der Waals surface area contributed by atoms with Crippen LogP contribution < -0.4 is 15.2 Å². The summed E-state index contributed by atoms with van der Waals surface area (Å²) in [6, 6.07) is 40.8. The number of hydrogen-bond acceptors (Lipinski definition) is 7. The molecular formula is C36H31N3O5. The Kier molecular flexibility index (Phi) is 10.1. The van der Waals surface area contributed by atoms with Gasteiger partial charge in [0.15, 0.2) is 0 Å². The van der Waals surface area contributed by atoms with E-state index >= 15 is 0 Å². The molecule has 0 saturated heterocycles. The fourth-order valence-corrected chi connectivity index (χ4v) is 4.71. The number of imidazole rings is 1. The lowest BCUT2D eigenvalue weighted by Crippen LogP contribution is -2.04. The van der Waals surface area contributed by atoms with E-state index in [0.717, 1.165) is 40.1 Å². The van der Waals surface area contributed by atoms with Crippen molar-refractivity contribution >= 4 is 29.7 Å². The maximum Gasteiger partial charge on any atom is 0.298 e. The van der Waals surface area contributed by atoms with Crippen molar-refractivity contribution in [1.29, 1.82) is 0 Å². The zero-order valence-corrected chi connectivity index (χ0v) is 23.9. The number of carbonyl (C=O) groups excluding carboxylic acids is 2. The Labute approximate surface area is 255 Å².